The first-order chi connectivity index (χ1) is 9.56. The quantitative estimate of drug-likeness (QED) is 0.593. The molecule has 0 saturated heterocycles. The average molecular weight is 320 g/mol. The Kier molecular flexibility index (Phi) is 8.24. The predicted octanol–water partition coefficient (Wildman–Crippen LogP) is 0.841. The molecule has 6 nitrogen and oxygen atoms in total. The van der Waals surface area contributed by atoms with Crippen molar-refractivity contribution in [2.24, 2.45) is 0 Å². The standard InChI is InChI=1S/C12H24N4O2S2/c1-3-6-13-7-4-9-16(2)20(17,18)15-8-5-12-10-19-11-14-12/h10-11,13,15H,3-9H2,1-2H3. The smallest absolute Gasteiger partial charge is 0.279 e. The van der Waals surface area contributed by atoms with Gasteiger partial charge in [-0.25, -0.2) is 9.71 Å². The molecule has 0 unspecified atom stereocenters. The highest BCUT2D eigenvalue weighted by molar-refractivity contribution is 7.87. The van der Waals surface area contributed by atoms with Gasteiger partial charge in [-0.1, -0.05) is 6.92 Å². The Balaban J connectivity index is 2.21. The number of nitrogens with zero attached hydrogens (tertiary/aromatic N) is 2. The van der Waals surface area contributed by atoms with E-state index >= 15 is 0 Å². The van der Waals surface area contributed by atoms with E-state index in [9.17, 15) is 8.42 Å². The summed E-state index contributed by atoms with van der Waals surface area (Å²) in [6.07, 6.45) is 2.52. The van der Waals surface area contributed by atoms with E-state index in [1.165, 1.54) is 15.6 Å². The van der Waals surface area contributed by atoms with Crippen LogP contribution in [0.1, 0.15) is 25.5 Å². The van der Waals surface area contributed by atoms with Crippen LogP contribution >= 0.6 is 11.3 Å². The Morgan fingerprint density at radius 1 is 1.35 bits per heavy atom. The van der Waals surface area contributed by atoms with Crippen LogP contribution in [0.2, 0.25) is 0 Å². The third-order valence-electron chi connectivity index (χ3n) is 2.81. The zero-order chi connectivity index (χ0) is 14.8. The van der Waals surface area contributed by atoms with Gasteiger partial charge in [-0.05, 0) is 25.9 Å². The molecule has 1 aromatic heterocycles. The second kappa shape index (κ2) is 9.41. The van der Waals surface area contributed by atoms with Crippen LogP contribution in [0.4, 0.5) is 0 Å². The van der Waals surface area contributed by atoms with Crippen molar-refractivity contribution in [3.63, 3.8) is 0 Å². The maximum atomic E-state index is 12.0. The van der Waals surface area contributed by atoms with Gasteiger partial charge in [-0.3, -0.25) is 0 Å². The normalized spacial score (nSPS) is 12.2. The number of thiazole rings is 1. The van der Waals surface area contributed by atoms with Crippen molar-refractivity contribution in [1.82, 2.24) is 19.3 Å². The summed E-state index contributed by atoms with van der Waals surface area (Å²) in [5.41, 5.74) is 2.67. The van der Waals surface area contributed by atoms with Crippen LogP contribution in [0.5, 0.6) is 0 Å². The van der Waals surface area contributed by atoms with E-state index in [0.29, 0.717) is 19.5 Å². The average Bonchev–Trinajstić information content (AvgIpc) is 2.91. The largest absolute Gasteiger partial charge is 0.317 e. The summed E-state index contributed by atoms with van der Waals surface area (Å²) in [5.74, 6) is 0. The van der Waals surface area contributed by atoms with Gasteiger partial charge in [0.05, 0.1) is 11.2 Å². The van der Waals surface area contributed by atoms with E-state index in [2.05, 4.69) is 21.9 Å². The van der Waals surface area contributed by atoms with Crippen LogP contribution in [0.3, 0.4) is 0 Å². The van der Waals surface area contributed by atoms with Crippen LogP contribution in [-0.2, 0) is 16.6 Å². The fourth-order valence-corrected chi connectivity index (χ4v) is 3.17. The van der Waals surface area contributed by atoms with Crippen molar-refractivity contribution >= 4 is 21.5 Å². The second-order valence-corrected chi connectivity index (χ2v) is 7.14. The van der Waals surface area contributed by atoms with E-state index in [-0.39, 0.29) is 0 Å². The molecule has 1 rings (SSSR count). The minimum absolute atomic E-state index is 0.379. The molecular weight excluding hydrogens is 296 g/mol. The van der Waals surface area contributed by atoms with Crippen molar-refractivity contribution in [2.45, 2.75) is 26.2 Å². The number of nitrogens with one attached hydrogen (secondary N) is 2. The number of hydrogen-bond donors (Lipinski definition) is 2. The molecule has 20 heavy (non-hydrogen) atoms. The molecule has 0 aliphatic rings. The summed E-state index contributed by atoms with van der Waals surface area (Å²) >= 11 is 1.52. The number of aromatic nitrogens is 1. The molecule has 0 amide bonds. The minimum atomic E-state index is -3.38. The van der Waals surface area contributed by atoms with Crippen LogP contribution < -0.4 is 10.0 Å². The topological polar surface area (TPSA) is 74.3 Å². The summed E-state index contributed by atoms with van der Waals surface area (Å²) < 4.78 is 27.9. The summed E-state index contributed by atoms with van der Waals surface area (Å²) in [6.45, 7) is 4.82. The zero-order valence-corrected chi connectivity index (χ0v) is 13.8. The Morgan fingerprint density at radius 2 is 2.15 bits per heavy atom. The highest BCUT2D eigenvalue weighted by Gasteiger charge is 2.16. The molecule has 0 saturated carbocycles. The Bertz CT molecular complexity index is 448. The number of hydrogen-bond acceptors (Lipinski definition) is 5. The van der Waals surface area contributed by atoms with Crippen molar-refractivity contribution in [3.05, 3.63) is 16.6 Å². The van der Waals surface area contributed by atoms with Crippen molar-refractivity contribution in [3.8, 4) is 0 Å². The molecule has 1 aromatic rings. The van der Waals surface area contributed by atoms with E-state index in [1.54, 1.807) is 12.6 Å². The third-order valence-corrected chi connectivity index (χ3v) is 5.02. The first-order valence-electron chi connectivity index (χ1n) is 6.85. The summed E-state index contributed by atoms with van der Waals surface area (Å²) in [7, 11) is -1.77. The monoisotopic (exact) mass is 320 g/mol. The van der Waals surface area contributed by atoms with Crippen molar-refractivity contribution < 1.29 is 8.42 Å². The highest BCUT2D eigenvalue weighted by atomic mass is 32.2. The predicted molar refractivity (Wildman–Crippen MR) is 83.1 cm³/mol. The molecule has 2 N–H and O–H groups in total. The van der Waals surface area contributed by atoms with Gasteiger partial charge < -0.3 is 5.32 Å². The molecule has 1 heterocycles. The van der Waals surface area contributed by atoms with Crippen LogP contribution in [0.25, 0.3) is 0 Å². The first kappa shape index (κ1) is 17.5. The maximum Gasteiger partial charge on any atom is 0.279 e. The maximum absolute atomic E-state index is 12.0. The first-order valence-corrected chi connectivity index (χ1v) is 9.23. The Morgan fingerprint density at radius 3 is 2.80 bits per heavy atom. The van der Waals surface area contributed by atoms with E-state index < -0.39 is 10.2 Å². The van der Waals surface area contributed by atoms with Gasteiger partial charge in [-0.2, -0.15) is 12.7 Å². The lowest BCUT2D eigenvalue weighted by atomic mass is 10.3. The molecule has 0 aliphatic carbocycles. The molecule has 0 radical (unpaired) electrons. The molecule has 0 fully saturated rings. The van der Waals surface area contributed by atoms with Gasteiger partial charge in [0.15, 0.2) is 0 Å². The highest BCUT2D eigenvalue weighted by Crippen LogP contribution is 2.02. The number of rotatable bonds is 11. The van der Waals surface area contributed by atoms with Gasteiger partial charge in [0.2, 0.25) is 0 Å². The molecule has 8 heteroatoms. The minimum Gasteiger partial charge on any atom is -0.317 e. The molecular formula is C12H24N4O2S2. The molecule has 0 atom stereocenters. The summed E-state index contributed by atoms with van der Waals surface area (Å²) in [4.78, 5) is 4.12. The van der Waals surface area contributed by atoms with Gasteiger partial charge in [-0.15, -0.1) is 11.3 Å². The van der Waals surface area contributed by atoms with E-state index in [4.69, 9.17) is 0 Å². The second-order valence-electron chi connectivity index (χ2n) is 4.55. The van der Waals surface area contributed by atoms with E-state index in [0.717, 1.165) is 31.6 Å². The Hall–Kier alpha value is -0.540. The van der Waals surface area contributed by atoms with Gasteiger partial charge in [0.1, 0.15) is 0 Å². The molecule has 116 valence electrons. The zero-order valence-electron chi connectivity index (χ0n) is 12.1. The lowest BCUT2D eigenvalue weighted by Crippen LogP contribution is -2.40. The van der Waals surface area contributed by atoms with Crippen molar-refractivity contribution in [1.29, 1.82) is 0 Å². The molecule has 0 spiro atoms. The van der Waals surface area contributed by atoms with Crippen LogP contribution in [0, 0.1) is 0 Å². The van der Waals surface area contributed by atoms with Crippen LogP contribution in [0.15, 0.2) is 10.9 Å². The lowest BCUT2D eigenvalue weighted by molar-refractivity contribution is 0.445. The summed E-state index contributed by atoms with van der Waals surface area (Å²) in [6, 6.07) is 0. The SMILES string of the molecule is CCCNCCCN(C)S(=O)(=O)NCCc1cscn1. The van der Waals surface area contributed by atoms with Gasteiger partial charge >= 0.3 is 0 Å². The summed E-state index contributed by atoms with van der Waals surface area (Å²) in [5, 5.41) is 5.18. The lowest BCUT2D eigenvalue weighted by Gasteiger charge is -2.17. The molecule has 0 aliphatic heterocycles. The van der Waals surface area contributed by atoms with Crippen molar-refractivity contribution in [2.75, 3.05) is 33.2 Å². The van der Waals surface area contributed by atoms with Gasteiger partial charge in [0.25, 0.3) is 10.2 Å². The molecule has 0 aromatic carbocycles. The van der Waals surface area contributed by atoms with Gasteiger partial charge in [0, 0.05) is 31.9 Å². The molecule has 0 bridgehead atoms. The Labute approximate surface area is 125 Å². The third kappa shape index (κ3) is 6.76. The fourth-order valence-electron chi connectivity index (χ4n) is 1.63. The van der Waals surface area contributed by atoms with E-state index in [1.807, 2.05) is 5.38 Å². The van der Waals surface area contributed by atoms with Crippen LogP contribution in [-0.4, -0.2) is 50.9 Å². The fraction of sp³-hybridized carbons (Fsp3) is 0.750.